The summed E-state index contributed by atoms with van der Waals surface area (Å²) < 4.78 is 41.5. The van der Waals surface area contributed by atoms with Crippen molar-refractivity contribution in [3.05, 3.63) is 18.1 Å². The highest BCUT2D eigenvalue weighted by atomic mass is 19.4. The van der Waals surface area contributed by atoms with Gasteiger partial charge in [-0.15, -0.1) is 0 Å². The molecule has 1 N–H and O–H groups in total. The van der Waals surface area contributed by atoms with E-state index in [0.29, 0.717) is 4.90 Å². The highest BCUT2D eigenvalue weighted by molar-refractivity contribution is 5.85. The maximum atomic E-state index is 12.4. The summed E-state index contributed by atoms with van der Waals surface area (Å²) in [4.78, 5) is 29.3. The van der Waals surface area contributed by atoms with Crippen LogP contribution in [0.2, 0.25) is 0 Å². The zero-order valence-corrected chi connectivity index (χ0v) is 10.2. The number of hydrogen-bond donors (Lipinski definition) is 1. The lowest BCUT2D eigenvalue weighted by molar-refractivity contribution is -0.136. The number of carboxylic acids is 1. The second kappa shape index (κ2) is 6.17. The molecule has 0 spiro atoms. The van der Waals surface area contributed by atoms with Crippen LogP contribution in [-0.4, -0.2) is 53.4 Å². The third-order valence-corrected chi connectivity index (χ3v) is 2.03. The molecular formula is C10H10F3N3O4. The number of alkyl halides is 3. The van der Waals surface area contributed by atoms with E-state index in [4.69, 9.17) is 5.11 Å². The first-order valence-electron chi connectivity index (χ1n) is 5.18. The van der Waals surface area contributed by atoms with Crippen LogP contribution in [0.1, 0.15) is 10.6 Å². The highest BCUT2D eigenvalue weighted by Gasteiger charge is 2.32. The summed E-state index contributed by atoms with van der Waals surface area (Å²) in [5.41, 5.74) is 0. The Morgan fingerprint density at radius 3 is 2.60 bits per heavy atom. The lowest BCUT2D eigenvalue weighted by Gasteiger charge is -2.22. The number of hydrogen-bond acceptors (Lipinski definition) is 6. The van der Waals surface area contributed by atoms with E-state index >= 15 is 0 Å². The first-order valence-corrected chi connectivity index (χ1v) is 5.18. The predicted octanol–water partition coefficient (Wildman–Crippen LogP) is 0.716. The third kappa shape index (κ3) is 4.71. The summed E-state index contributed by atoms with van der Waals surface area (Å²) in [6, 6.07) is 1.07. The van der Waals surface area contributed by atoms with Crippen LogP contribution in [0.5, 0.6) is 0 Å². The van der Waals surface area contributed by atoms with Gasteiger partial charge in [0.25, 0.3) is 0 Å². The number of esters is 1. The molecule has 0 saturated heterocycles. The van der Waals surface area contributed by atoms with Crippen molar-refractivity contribution in [1.82, 2.24) is 9.97 Å². The number of carbonyl (C=O) groups excluding carboxylic acids is 1. The molecule has 0 radical (unpaired) electrons. The molecule has 0 saturated carbocycles. The van der Waals surface area contributed by atoms with Crippen LogP contribution in [0, 0.1) is 0 Å². The Hall–Kier alpha value is -2.39. The lowest BCUT2D eigenvalue weighted by Crippen LogP contribution is -2.38. The van der Waals surface area contributed by atoms with Crippen LogP contribution in [0.4, 0.5) is 19.0 Å². The molecule has 7 nitrogen and oxygen atoms in total. The number of aromatic nitrogens is 2. The van der Waals surface area contributed by atoms with Gasteiger partial charge in [0, 0.05) is 6.20 Å². The number of carbonyl (C=O) groups is 2. The second-order valence-corrected chi connectivity index (χ2v) is 3.60. The average molecular weight is 293 g/mol. The molecule has 0 aromatic carbocycles. The average Bonchev–Trinajstić information content (AvgIpc) is 2.35. The molecule has 1 aromatic heterocycles. The van der Waals surface area contributed by atoms with Crippen molar-refractivity contribution in [3.63, 3.8) is 0 Å². The van der Waals surface area contributed by atoms with Gasteiger partial charge in [0.05, 0.1) is 7.11 Å². The monoisotopic (exact) mass is 293 g/mol. The SMILES string of the molecule is COC(=O)c1nccc(N(CC(=O)O)CC(F)(F)F)n1. The zero-order chi connectivity index (χ0) is 15.3. The minimum Gasteiger partial charge on any atom is -0.480 e. The normalized spacial score (nSPS) is 11.0. The highest BCUT2D eigenvalue weighted by Crippen LogP contribution is 2.20. The molecule has 0 bridgehead atoms. The maximum absolute atomic E-state index is 12.4. The lowest BCUT2D eigenvalue weighted by atomic mass is 10.4. The number of anilines is 1. The van der Waals surface area contributed by atoms with E-state index in [1.54, 1.807) is 0 Å². The van der Waals surface area contributed by atoms with E-state index < -0.39 is 37.0 Å². The second-order valence-electron chi connectivity index (χ2n) is 3.60. The zero-order valence-electron chi connectivity index (χ0n) is 10.2. The Kier molecular flexibility index (Phi) is 4.83. The molecule has 0 fully saturated rings. The summed E-state index contributed by atoms with van der Waals surface area (Å²) in [6.07, 6.45) is -3.58. The van der Waals surface area contributed by atoms with Gasteiger partial charge in [-0.2, -0.15) is 13.2 Å². The van der Waals surface area contributed by atoms with Crippen LogP contribution in [0.3, 0.4) is 0 Å². The first-order chi connectivity index (χ1) is 9.23. The summed E-state index contributed by atoms with van der Waals surface area (Å²) in [7, 11) is 1.06. The van der Waals surface area contributed by atoms with Crippen molar-refractivity contribution in [2.75, 3.05) is 25.1 Å². The molecule has 0 amide bonds. The Labute approximate surface area is 111 Å². The van der Waals surface area contributed by atoms with E-state index in [1.807, 2.05) is 0 Å². The van der Waals surface area contributed by atoms with Gasteiger partial charge in [-0.05, 0) is 6.07 Å². The smallest absolute Gasteiger partial charge is 0.405 e. The van der Waals surface area contributed by atoms with Crippen molar-refractivity contribution in [2.45, 2.75) is 6.18 Å². The molecule has 0 aliphatic rings. The van der Waals surface area contributed by atoms with Crippen LogP contribution in [0.15, 0.2) is 12.3 Å². The molecule has 1 aromatic rings. The van der Waals surface area contributed by atoms with Gasteiger partial charge in [-0.3, -0.25) is 4.79 Å². The fourth-order valence-electron chi connectivity index (χ4n) is 1.31. The standard InChI is InChI=1S/C10H10F3N3O4/c1-20-9(19)8-14-3-2-6(15-8)16(4-7(17)18)5-10(11,12)13/h2-3H,4-5H2,1H3,(H,17,18). The van der Waals surface area contributed by atoms with Crippen LogP contribution in [0.25, 0.3) is 0 Å². The van der Waals surface area contributed by atoms with Gasteiger partial charge >= 0.3 is 18.1 Å². The third-order valence-electron chi connectivity index (χ3n) is 2.03. The first kappa shape index (κ1) is 15.7. The Bertz CT molecular complexity index is 507. The number of nitrogens with zero attached hydrogens (tertiary/aromatic N) is 3. The van der Waals surface area contributed by atoms with Gasteiger partial charge in [0.1, 0.15) is 18.9 Å². The van der Waals surface area contributed by atoms with E-state index in [-0.39, 0.29) is 5.82 Å². The van der Waals surface area contributed by atoms with Crippen molar-refractivity contribution in [1.29, 1.82) is 0 Å². The van der Waals surface area contributed by atoms with Gasteiger partial charge in [-0.1, -0.05) is 0 Å². The molecule has 0 unspecified atom stereocenters. The summed E-state index contributed by atoms with van der Waals surface area (Å²) >= 11 is 0. The fraction of sp³-hybridized carbons (Fsp3) is 0.400. The molecule has 0 aliphatic heterocycles. The number of carboxylic acid groups (broad SMARTS) is 1. The van der Waals surface area contributed by atoms with Crippen molar-refractivity contribution >= 4 is 17.8 Å². The number of ether oxygens (including phenoxy) is 1. The summed E-state index contributed by atoms with van der Waals surface area (Å²) in [5.74, 6) is -3.19. The predicted molar refractivity (Wildman–Crippen MR) is 59.3 cm³/mol. The fourth-order valence-corrected chi connectivity index (χ4v) is 1.31. The molecule has 0 atom stereocenters. The van der Waals surface area contributed by atoms with E-state index in [2.05, 4.69) is 14.7 Å². The van der Waals surface area contributed by atoms with Crippen molar-refractivity contribution in [2.24, 2.45) is 0 Å². The summed E-state index contributed by atoms with van der Waals surface area (Å²) in [6.45, 7) is -2.44. The summed E-state index contributed by atoms with van der Waals surface area (Å²) in [5, 5.41) is 8.62. The van der Waals surface area contributed by atoms with Crippen LogP contribution < -0.4 is 4.90 Å². The minimum absolute atomic E-state index is 0.333. The minimum atomic E-state index is -4.62. The van der Waals surface area contributed by atoms with Gasteiger partial charge in [-0.25, -0.2) is 14.8 Å². The topological polar surface area (TPSA) is 92.6 Å². The quantitative estimate of drug-likeness (QED) is 0.799. The van der Waals surface area contributed by atoms with Crippen molar-refractivity contribution in [3.8, 4) is 0 Å². The van der Waals surface area contributed by atoms with Crippen LogP contribution in [-0.2, 0) is 9.53 Å². The Balaban J connectivity index is 3.06. The maximum Gasteiger partial charge on any atom is 0.405 e. The molecule has 1 rings (SSSR count). The van der Waals surface area contributed by atoms with Gasteiger partial charge in [0.15, 0.2) is 0 Å². The number of aliphatic carboxylic acids is 1. The Morgan fingerprint density at radius 1 is 1.45 bits per heavy atom. The van der Waals surface area contributed by atoms with Crippen LogP contribution >= 0.6 is 0 Å². The van der Waals surface area contributed by atoms with Crippen molar-refractivity contribution < 1.29 is 32.6 Å². The van der Waals surface area contributed by atoms with Gasteiger partial charge in [0.2, 0.25) is 5.82 Å². The molecular weight excluding hydrogens is 283 g/mol. The number of halogens is 3. The molecule has 110 valence electrons. The molecule has 10 heteroatoms. The Morgan fingerprint density at radius 2 is 2.10 bits per heavy atom. The molecule has 0 aliphatic carbocycles. The van der Waals surface area contributed by atoms with Gasteiger partial charge < -0.3 is 14.7 Å². The van der Waals surface area contributed by atoms with E-state index in [9.17, 15) is 22.8 Å². The van der Waals surface area contributed by atoms with E-state index in [0.717, 1.165) is 19.4 Å². The van der Waals surface area contributed by atoms with E-state index in [1.165, 1.54) is 0 Å². The molecule has 1 heterocycles. The number of rotatable bonds is 5. The number of methoxy groups -OCH3 is 1. The molecule has 20 heavy (non-hydrogen) atoms. The largest absolute Gasteiger partial charge is 0.480 e.